The van der Waals surface area contributed by atoms with Crippen molar-refractivity contribution in [3.63, 3.8) is 0 Å². The molecule has 0 fully saturated rings. The first-order valence-corrected chi connectivity index (χ1v) is 6.70. The van der Waals surface area contributed by atoms with Crippen LogP contribution >= 0.6 is 15.9 Å². The molecule has 8 heteroatoms. The van der Waals surface area contributed by atoms with Crippen molar-refractivity contribution < 1.29 is 14.1 Å². The van der Waals surface area contributed by atoms with E-state index in [0.717, 1.165) is 17.7 Å². The molecule has 2 rings (SSSR count). The molecule has 0 aliphatic heterocycles. The van der Waals surface area contributed by atoms with E-state index in [4.69, 9.17) is 10.5 Å². The van der Waals surface area contributed by atoms with Gasteiger partial charge in [-0.3, -0.25) is 10.1 Å². The van der Waals surface area contributed by atoms with Gasteiger partial charge >= 0.3 is 5.69 Å². The van der Waals surface area contributed by atoms with Crippen LogP contribution in [0, 0.1) is 15.9 Å². The van der Waals surface area contributed by atoms with E-state index in [9.17, 15) is 14.5 Å². The van der Waals surface area contributed by atoms with Gasteiger partial charge in [0, 0.05) is 30.4 Å². The molecule has 0 aliphatic carbocycles. The third kappa shape index (κ3) is 3.53. The fraction of sp³-hybridized carbons (Fsp3) is 0.154. The molecule has 1 aromatic heterocycles. The van der Waals surface area contributed by atoms with Crippen molar-refractivity contribution in [1.82, 2.24) is 4.98 Å². The average molecular weight is 356 g/mol. The van der Waals surface area contributed by atoms with Crippen molar-refractivity contribution in [2.75, 3.05) is 0 Å². The monoisotopic (exact) mass is 355 g/mol. The number of nitro groups is 1. The highest BCUT2D eigenvalue weighted by molar-refractivity contribution is 9.10. The largest absolute Gasteiger partial charge is 0.432 e. The van der Waals surface area contributed by atoms with Crippen molar-refractivity contribution in [3.8, 4) is 11.6 Å². The maximum absolute atomic E-state index is 13.5. The first kappa shape index (κ1) is 15.3. The normalized spacial score (nSPS) is 12.0. The topological polar surface area (TPSA) is 91.3 Å². The maximum atomic E-state index is 13.5. The predicted molar refractivity (Wildman–Crippen MR) is 77.7 cm³/mol. The van der Waals surface area contributed by atoms with Gasteiger partial charge in [-0.05, 0) is 34.5 Å². The Kier molecular flexibility index (Phi) is 4.49. The highest BCUT2D eigenvalue weighted by Crippen LogP contribution is 2.35. The number of hydrogen-bond donors (Lipinski definition) is 1. The summed E-state index contributed by atoms with van der Waals surface area (Å²) in [6, 6.07) is 4.98. The van der Waals surface area contributed by atoms with Crippen molar-refractivity contribution in [3.05, 3.63) is 56.4 Å². The van der Waals surface area contributed by atoms with E-state index in [1.807, 2.05) is 0 Å². The number of ether oxygens (including phenoxy) is 1. The van der Waals surface area contributed by atoms with Crippen LogP contribution in [-0.4, -0.2) is 9.91 Å². The first-order valence-electron chi connectivity index (χ1n) is 5.91. The maximum Gasteiger partial charge on any atom is 0.312 e. The van der Waals surface area contributed by atoms with Gasteiger partial charge in [-0.1, -0.05) is 0 Å². The van der Waals surface area contributed by atoms with Crippen LogP contribution in [0.3, 0.4) is 0 Å². The van der Waals surface area contributed by atoms with Crippen LogP contribution in [0.2, 0.25) is 0 Å². The lowest BCUT2D eigenvalue weighted by Gasteiger charge is -2.09. The van der Waals surface area contributed by atoms with Crippen molar-refractivity contribution >= 4 is 21.6 Å². The Morgan fingerprint density at radius 1 is 1.48 bits per heavy atom. The number of pyridine rings is 1. The quantitative estimate of drug-likeness (QED) is 0.666. The summed E-state index contributed by atoms with van der Waals surface area (Å²) >= 11 is 2.90. The number of nitro benzene ring substituents is 1. The molecular weight excluding hydrogens is 345 g/mol. The standard InChI is InChI=1S/C13H11BrFN3O3/c1-7(16)8-2-3-17-13(4-8)21-12-6-10(15)9(14)5-11(12)18(19)20/h2-7H,16H2,1H3/t7-/m0/s1. The van der Waals surface area contributed by atoms with E-state index in [1.165, 1.54) is 6.20 Å². The van der Waals surface area contributed by atoms with Gasteiger partial charge in [-0.15, -0.1) is 0 Å². The van der Waals surface area contributed by atoms with E-state index >= 15 is 0 Å². The molecule has 6 nitrogen and oxygen atoms in total. The molecule has 0 spiro atoms. The van der Waals surface area contributed by atoms with E-state index < -0.39 is 10.7 Å². The van der Waals surface area contributed by atoms with Crippen LogP contribution in [0.5, 0.6) is 11.6 Å². The Morgan fingerprint density at radius 2 is 2.19 bits per heavy atom. The summed E-state index contributed by atoms with van der Waals surface area (Å²) in [5.74, 6) is -0.788. The zero-order chi connectivity index (χ0) is 15.6. The van der Waals surface area contributed by atoms with E-state index in [0.29, 0.717) is 0 Å². The van der Waals surface area contributed by atoms with Gasteiger partial charge in [0.1, 0.15) is 5.82 Å². The molecule has 1 heterocycles. The minimum absolute atomic E-state index is 0.0150. The zero-order valence-electron chi connectivity index (χ0n) is 10.9. The molecule has 0 unspecified atom stereocenters. The molecule has 0 saturated heterocycles. The molecule has 2 aromatic rings. The molecule has 0 amide bonds. The molecular formula is C13H11BrFN3O3. The summed E-state index contributed by atoms with van der Waals surface area (Å²) in [5, 5.41) is 11.0. The minimum atomic E-state index is -0.668. The van der Waals surface area contributed by atoms with Gasteiger partial charge < -0.3 is 10.5 Å². The molecule has 2 N–H and O–H groups in total. The van der Waals surface area contributed by atoms with Gasteiger partial charge in [0.15, 0.2) is 0 Å². The second kappa shape index (κ2) is 6.15. The molecule has 21 heavy (non-hydrogen) atoms. The second-order valence-corrected chi connectivity index (χ2v) is 5.16. The predicted octanol–water partition coefficient (Wildman–Crippen LogP) is 3.70. The highest BCUT2D eigenvalue weighted by Gasteiger charge is 2.20. The van der Waals surface area contributed by atoms with Gasteiger partial charge in [0.05, 0.1) is 9.40 Å². The summed E-state index contributed by atoms with van der Waals surface area (Å²) in [6.45, 7) is 1.78. The Morgan fingerprint density at radius 3 is 2.81 bits per heavy atom. The van der Waals surface area contributed by atoms with Crippen LogP contribution < -0.4 is 10.5 Å². The van der Waals surface area contributed by atoms with Crippen LogP contribution in [0.25, 0.3) is 0 Å². The molecule has 1 aromatic carbocycles. The molecule has 0 saturated carbocycles. The zero-order valence-corrected chi connectivity index (χ0v) is 12.5. The molecule has 0 aliphatic rings. The lowest BCUT2D eigenvalue weighted by Crippen LogP contribution is -2.05. The third-order valence-corrected chi connectivity index (χ3v) is 3.31. The SMILES string of the molecule is C[C@H](N)c1ccnc(Oc2cc(F)c(Br)cc2[N+](=O)[O-])c1. The van der Waals surface area contributed by atoms with Crippen LogP contribution in [0.4, 0.5) is 10.1 Å². The average Bonchev–Trinajstić information content (AvgIpc) is 2.42. The van der Waals surface area contributed by atoms with Gasteiger partial charge in [0.25, 0.3) is 0 Å². The third-order valence-electron chi connectivity index (χ3n) is 2.70. The van der Waals surface area contributed by atoms with Crippen LogP contribution in [0.1, 0.15) is 18.5 Å². The smallest absolute Gasteiger partial charge is 0.312 e. The lowest BCUT2D eigenvalue weighted by molar-refractivity contribution is -0.385. The van der Waals surface area contributed by atoms with E-state index in [-0.39, 0.29) is 27.8 Å². The Labute approximate surface area is 128 Å². The summed E-state index contributed by atoms with van der Waals surface area (Å²) in [4.78, 5) is 14.3. The summed E-state index contributed by atoms with van der Waals surface area (Å²) in [7, 11) is 0. The molecule has 110 valence electrons. The number of benzene rings is 1. The molecule has 0 radical (unpaired) electrons. The van der Waals surface area contributed by atoms with Gasteiger partial charge in [-0.25, -0.2) is 9.37 Å². The number of rotatable bonds is 4. The van der Waals surface area contributed by atoms with Crippen molar-refractivity contribution in [2.45, 2.75) is 13.0 Å². The second-order valence-electron chi connectivity index (χ2n) is 4.31. The fourth-order valence-electron chi connectivity index (χ4n) is 1.62. The van der Waals surface area contributed by atoms with Crippen LogP contribution in [-0.2, 0) is 0 Å². The lowest BCUT2D eigenvalue weighted by atomic mass is 10.1. The Hall–Kier alpha value is -2.06. The van der Waals surface area contributed by atoms with Crippen molar-refractivity contribution in [1.29, 1.82) is 0 Å². The summed E-state index contributed by atoms with van der Waals surface area (Å²) in [6.07, 6.45) is 1.47. The Balaban J connectivity index is 2.41. The first-order chi connectivity index (χ1) is 9.88. The minimum Gasteiger partial charge on any atom is -0.432 e. The van der Waals surface area contributed by atoms with Gasteiger partial charge in [0.2, 0.25) is 11.6 Å². The number of nitrogens with zero attached hydrogens (tertiary/aromatic N) is 2. The van der Waals surface area contributed by atoms with Crippen molar-refractivity contribution in [2.24, 2.45) is 5.73 Å². The number of hydrogen-bond acceptors (Lipinski definition) is 5. The molecule has 1 atom stereocenters. The van der Waals surface area contributed by atoms with Crippen LogP contribution in [0.15, 0.2) is 34.9 Å². The molecule has 0 bridgehead atoms. The number of aromatic nitrogens is 1. The summed E-state index contributed by atoms with van der Waals surface area (Å²) < 4.78 is 18.9. The van der Waals surface area contributed by atoms with Gasteiger partial charge in [-0.2, -0.15) is 0 Å². The number of nitrogens with two attached hydrogens (primary N) is 1. The fourth-order valence-corrected chi connectivity index (χ4v) is 1.95. The highest BCUT2D eigenvalue weighted by atomic mass is 79.9. The number of halogens is 2. The van der Waals surface area contributed by atoms with E-state index in [2.05, 4.69) is 20.9 Å². The Bertz CT molecular complexity index is 694. The van der Waals surface area contributed by atoms with E-state index in [1.54, 1.807) is 19.1 Å². The summed E-state index contributed by atoms with van der Waals surface area (Å²) in [5.41, 5.74) is 6.13.